The lowest BCUT2D eigenvalue weighted by atomic mass is 9.95. The summed E-state index contributed by atoms with van der Waals surface area (Å²) in [4.78, 5) is 18.2. The predicted molar refractivity (Wildman–Crippen MR) is 167 cm³/mol. The van der Waals surface area contributed by atoms with E-state index in [1.165, 1.54) is 10.4 Å². The fourth-order valence-electron chi connectivity index (χ4n) is 8.19. The summed E-state index contributed by atoms with van der Waals surface area (Å²) in [6.45, 7) is 2.70. The fourth-order valence-corrected chi connectivity index (χ4v) is 10.9. The topological polar surface area (TPSA) is 130 Å². The van der Waals surface area contributed by atoms with Gasteiger partial charge < -0.3 is 20.7 Å². The molecule has 1 saturated carbocycles. The first-order chi connectivity index (χ1) is 21.7. The first-order valence-electron chi connectivity index (χ1n) is 15.7. The molecule has 1 aliphatic carbocycles. The number of alkyl halides is 1. The number of nitrogens with two attached hydrogens (primary N) is 1. The number of ether oxygens (including phenoxy) is 1. The molecule has 0 amide bonds. The summed E-state index contributed by atoms with van der Waals surface area (Å²) in [7, 11) is -4.14. The van der Waals surface area contributed by atoms with Crippen molar-refractivity contribution in [3.8, 4) is 6.01 Å². The van der Waals surface area contributed by atoms with Crippen molar-refractivity contribution in [1.82, 2.24) is 29.5 Å². The van der Waals surface area contributed by atoms with Crippen LogP contribution in [0.1, 0.15) is 56.2 Å². The SMILES string of the molecule is Nc1nc2c(C3=Cc4nc(OC[C@@]56CCCN5C[C@H](F)C6)nc(N5CC6CCC(C5)N6)c4S(=O)(=O)N3C3CC3)ccc(F)c2s1. The monoisotopic (exact) mass is 656 g/mol. The fraction of sp³-hybridized carbons (Fsp3) is 0.567. The average molecular weight is 657 g/mol. The maximum atomic E-state index is 14.8. The lowest BCUT2D eigenvalue weighted by molar-refractivity contribution is 0.107. The Morgan fingerprint density at radius 1 is 1.11 bits per heavy atom. The Morgan fingerprint density at radius 3 is 2.69 bits per heavy atom. The molecule has 6 aliphatic rings. The van der Waals surface area contributed by atoms with Gasteiger partial charge in [0, 0.05) is 49.7 Å². The third-order valence-corrected chi connectivity index (χ3v) is 13.1. The molecule has 2 aromatic heterocycles. The molecule has 45 heavy (non-hydrogen) atoms. The number of rotatable bonds is 6. The van der Waals surface area contributed by atoms with Crippen molar-refractivity contribution in [3.05, 3.63) is 29.2 Å². The van der Waals surface area contributed by atoms with Gasteiger partial charge in [0.2, 0.25) is 0 Å². The molecule has 2 unspecified atom stereocenters. The van der Waals surface area contributed by atoms with Crippen molar-refractivity contribution in [3.63, 3.8) is 0 Å². The molecule has 1 aromatic carbocycles. The number of sulfonamides is 1. The van der Waals surface area contributed by atoms with Gasteiger partial charge in [-0.05, 0) is 63.3 Å². The van der Waals surface area contributed by atoms with E-state index in [2.05, 4.69) is 20.1 Å². The highest BCUT2D eigenvalue weighted by Crippen LogP contribution is 2.48. The van der Waals surface area contributed by atoms with Crippen LogP contribution in [-0.2, 0) is 10.0 Å². The largest absolute Gasteiger partial charge is 0.461 e. The smallest absolute Gasteiger partial charge is 0.319 e. The number of nitrogen functional groups attached to an aromatic ring is 1. The van der Waals surface area contributed by atoms with E-state index < -0.39 is 27.6 Å². The van der Waals surface area contributed by atoms with Crippen LogP contribution >= 0.6 is 11.3 Å². The van der Waals surface area contributed by atoms with Gasteiger partial charge in [0.15, 0.2) is 15.8 Å². The van der Waals surface area contributed by atoms with Gasteiger partial charge in [-0.3, -0.25) is 9.21 Å². The van der Waals surface area contributed by atoms with Crippen LogP contribution < -0.4 is 20.7 Å². The Bertz CT molecular complexity index is 1850. The van der Waals surface area contributed by atoms with Gasteiger partial charge >= 0.3 is 6.01 Å². The third-order valence-electron chi connectivity index (χ3n) is 10.3. The molecule has 11 nitrogen and oxygen atoms in total. The number of halogens is 2. The molecule has 0 spiro atoms. The number of nitrogens with zero attached hydrogens (tertiary/aromatic N) is 6. The minimum atomic E-state index is -4.14. The van der Waals surface area contributed by atoms with E-state index in [-0.39, 0.29) is 51.2 Å². The van der Waals surface area contributed by atoms with Crippen LogP contribution in [0.2, 0.25) is 0 Å². The van der Waals surface area contributed by atoms with E-state index in [0.717, 1.165) is 43.6 Å². The van der Waals surface area contributed by atoms with Crippen LogP contribution in [0.15, 0.2) is 17.0 Å². The molecule has 5 fully saturated rings. The molecule has 9 rings (SSSR count). The molecule has 5 aliphatic heterocycles. The van der Waals surface area contributed by atoms with Crippen LogP contribution in [0.4, 0.5) is 19.7 Å². The number of piperazine rings is 1. The zero-order chi connectivity index (χ0) is 30.7. The minimum absolute atomic E-state index is 0.0632. The Hall–Kier alpha value is -3.14. The number of aromatic nitrogens is 3. The highest BCUT2D eigenvalue weighted by atomic mass is 32.2. The lowest BCUT2D eigenvalue weighted by Gasteiger charge is -2.37. The number of nitrogens with one attached hydrogen (secondary N) is 1. The first kappa shape index (κ1) is 28.1. The number of anilines is 2. The molecule has 2 bridgehead atoms. The second-order valence-electron chi connectivity index (χ2n) is 13.3. The van der Waals surface area contributed by atoms with Crippen LogP contribution in [0, 0.1) is 5.82 Å². The molecule has 15 heteroatoms. The van der Waals surface area contributed by atoms with E-state index in [1.54, 1.807) is 12.1 Å². The molecule has 3 N–H and O–H groups in total. The van der Waals surface area contributed by atoms with Gasteiger partial charge in [0.1, 0.15) is 18.6 Å². The second-order valence-corrected chi connectivity index (χ2v) is 16.1. The Morgan fingerprint density at radius 2 is 1.91 bits per heavy atom. The van der Waals surface area contributed by atoms with Crippen LogP contribution in [0.25, 0.3) is 22.0 Å². The molecule has 3 aromatic rings. The molecule has 0 radical (unpaired) electrons. The van der Waals surface area contributed by atoms with Crippen molar-refractivity contribution in [2.24, 2.45) is 0 Å². The molecular weight excluding hydrogens is 623 g/mol. The van der Waals surface area contributed by atoms with E-state index >= 15 is 0 Å². The summed E-state index contributed by atoms with van der Waals surface area (Å²) in [6.07, 6.45) is 6.50. The number of hydrogen-bond acceptors (Lipinski definition) is 11. The van der Waals surface area contributed by atoms with Crippen LogP contribution in [0.5, 0.6) is 6.01 Å². The maximum Gasteiger partial charge on any atom is 0.319 e. The van der Waals surface area contributed by atoms with E-state index in [0.29, 0.717) is 61.5 Å². The van der Waals surface area contributed by atoms with E-state index in [4.69, 9.17) is 20.4 Å². The summed E-state index contributed by atoms with van der Waals surface area (Å²) in [5.74, 6) is -0.121. The average Bonchev–Trinajstić information content (AvgIpc) is 3.31. The highest BCUT2D eigenvalue weighted by molar-refractivity contribution is 7.89. The zero-order valence-electron chi connectivity index (χ0n) is 24.6. The van der Waals surface area contributed by atoms with Crippen molar-refractivity contribution in [2.75, 3.05) is 43.4 Å². The predicted octanol–water partition coefficient (Wildman–Crippen LogP) is 3.37. The van der Waals surface area contributed by atoms with Gasteiger partial charge in [0.05, 0.1) is 27.1 Å². The second kappa shape index (κ2) is 9.93. The third kappa shape index (κ3) is 4.44. The number of benzene rings is 1. The summed E-state index contributed by atoms with van der Waals surface area (Å²) in [5.41, 5.74) is 6.98. The first-order valence-corrected chi connectivity index (χ1v) is 18.0. The zero-order valence-corrected chi connectivity index (χ0v) is 26.2. The standard InChI is InChI=1S/C30H34F2N8O3S2/c31-16-11-30(8-1-9-39(30)12-16)15-43-29-35-22-10-23(20-6-7-21(32)25-24(20)36-28(33)44-25)40(19-4-5-19)45(41,42)26(22)27(37-29)38-13-17-2-3-18(14-38)34-17/h6-7,10,16-19,34H,1-5,8-9,11-15H2,(H2,33,36)/t16-,17?,18?,30+/m1/s1. The highest BCUT2D eigenvalue weighted by Gasteiger charge is 2.50. The van der Waals surface area contributed by atoms with E-state index in [9.17, 15) is 17.2 Å². The van der Waals surface area contributed by atoms with Crippen LogP contribution in [-0.4, -0.2) is 95.2 Å². The maximum absolute atomic E-state index is 14.8. The Labute approximate surface area is 263 Å². The normalized spacial score (nSPS) is 30.5. The summed E-state index contributed by atoms with van der Waals surface area (Å²) < 4.78 is 66.8. The Balaban J connectivity index is 1.20. The minimum Gasteiger partial charge on any atom is -0.461 e. The Kier molecular flexibility index (Phi) is 6.20. The van der Waals surface area contributed by atoms with Crippen LogP contribution in [0.3, 0.4) is 0 Å². The summed E-state index contributed by atoms with van der Waals surface area (Å²) in [6, 6.07) is 3.20. The van der Waals surface area contributed by atoms with Gasteiger partial charge in [-0.2, -0.15) is 9.97 Å². The molecule has 4 atom stereocenters. The molecular formula is C30H34F2N8O3S2. The van der Waals surface area contributed by atoms with E-state index in [1.807, 2.05) is 0 Å². The quantitative estimate of drug-likeness (QED) is 0.408. The van der Waals surface area contributed by atoms with Gasteiger partial charge in [-0.1, -0.05) is 11.3 Å². The number of fused-ring (bicyclic) bond motifs is 5. The van der Waals surface area contributed by atoms with Gasteiger partial charge in [0.25, 0.3) is 10.0 Å². The van der Waals surface area contributed by atoms with Gasteiger partial charge in [-0.25, -0.2) is 22.2 Å². The van der Waals surface area contributed by atoms with Crippen molar-refractivity contribution >= 4 is 54.3 Å². The van der Waals surface area contributed by atoms with Crippen molar-refractivity contribution < 1.29 is 21.9 Å². The summed E-state index contributed by atoms with van der Waals surface area (Å²) >= 11 is 1.03. The lowest BCUT2D eigenvalue weighted by Crippen LogP contribution is -2.52. The number of hydrogen-bond donors (Lipinski definition) is 2. The van der Waals surface area contributed by atoms with Gasteiger partial charge in [-0.15, -0.1) is 0 Å². The molecule has 4 saturated heterocycles. The molecule has 238 valence electrons. The van der Waals surface area contributed by atoms with Crippen molar-refractivity contribution in [2.45, 2.75) is 79.7 Å². The van der Waals surface area contributed by atoms with Crippen molar-refractivity contribution in [1.29, 1.82) is 0 Å². The molecule has 7 heterocycles. The summed E-state index contributed by atoms with van der Waals surface area (Å²) in [5, 5.41) is 3.81. The number of thiazole rings is 1.